The maximum Gasteiger partial charge on any atom is 0.191 e. The molecule has 0 amide bonds. The summed E-state index contributed by atoms with van der Waals surface area (Å²) in [5.41, 5.74) is 2.46. The molecular formula is C23H32N4O2. The number of benzene rings is 2. The van der Waals surface area contributed by atoms with Gasteiger partial charge in [-0.3, -0.25) is 9.89 Å². The lowest BCUT2D eigenvalue weighted by molar-refractivity contribution is 0.258. The number of nitrogens with zero attached hydrogens (tertiary/aromatic N) is 2. The highest BCUT2D eigenvalue weighted by molar-refractivity contribution is 5.80. The molecule has 1 fully saturated rings. The van der Waals surface area contributed by atoms with Crippen LogP contribution in [-0.4, -0.2) is 50.8 Å². The maximum absolute atomic E-state index is 5.39. The SMILES string of the molecule is CN=C(NCc1ccc(OC)c(OC)c1)NC1CC(C)N(Cc2ccccc2)C1. The first kappa shape index (κ1) is 21.0. The van der Waals surface area contributed by atoms with E-state index in [0.717, 1.165) is 42.5 Å². The summed E-state index contributed by atoms with van der Waals surface area (Å²) in [6.07, 6.45) is 1.10. The van der Waals surface area contributed by atoms with Gasteiger partial charge in [-0.15, -0.1) is 0 Å². The largest absolute Gasteiger partial charge is 0.493 e. The van der Waals surface area contributed by atoms with Gasteiger partial charge in [0.25, 0.3) is 0 Å². The van der Waals surface area contributed by atoms with Crippen LogP contribution in [0.25, 0.3) is 0 Å². The molecule has 0 saturated carbocycles. The van der Waals surface area contributed by atoms with Crippen LogP contribution in [0.4, 0.5) is 0 Å². The summed E-state index contributed by atoms with van der Waals surface area (Å²) in [6.45, 7) is 4.95. The Labute approximate surface area is 173 Å². The fraction of sp³-hybridized carbons (Fsp3) is 0.435. The second-order valence-electron chi connectivity index (χ2n) is 7.46. The molecule has 0 aromatic heterocycles. The third kappa shape index (κ3) is 5.64. The quantitative estimate of drug-likeness (QED) is 0.557. The molecule has 0 bridgehead atoms. The first-order valence-corrected chi connectivity index (χ1v) is 10.1. The van der Waals surface area contributed by atoms with Crippen molar-refractivity contribution in [3.05, 3.63) is 59.7 Å². The summed E-state index contributed by atoms with van der Waals surface area (Å²) >= 11 is 0. The average molecular weight is 397 g/mol. The molecule has 2 N–H and O–H groups in total. The normalized spacial score (nSPS) is 19.8. The first-order chi connectivity index (χ1) is 14.1. The van der Waals surface area contributed by atoms with Crippen molar-refractivity contribution >= 4 is 5.96 Å². The van der Waals surface area contributed by atoms with Gasteiger partial charge in [-0.25, -0.2) is 0 Å². The van der Waals surface area contributed by atoms with Gasteiger partial charge in [0.2, 0.25) is 0 Å². The molecule has 3 rings (SSSR count). The van der Waals surface area contributed by atoms with Crippen molar-refractivity contribution in [2.75, 3.05) is 27.8 Å². The van der Waals surface area contributed by atoms with E-state index in [0.29, 0.717) is 18.6 Å². The van der Waals surface area contributed by atoms with Crippen LogP contribution in [0.2, 0.25) is 0 Å². The predicted octanol–water partition coefficient (Wildman–Crippen LogP) is 3.03. The van der Waals surface area contributed by atoms with E-state index in [2.05, 4.69) is 57.8 Å². The van der Waals surface area contributed by atoms with Crippen molar-refractivity contribution in [3.63, 3.8) is 0 Å². The average Bonchev–Trinajstić information content (AvgIpc) is 3.10. The highest BCUT2D eigenvalue weighted by atomic mass is 16.5. The zero-order valence-electron chi connectivity index (χ0n) is 17.8. The lowest BCUT2D eigenvalue weighted by atomic mass is 10.2. The molecule has 6 heteroatoms. The molecule has 6 nitrogen and oxygen atoms in total. The van der Waals surface area contributed by atoms with Crippen LogP contribution >= 0.6 is 0 Å². The van der Waals surface area contributed by atoms with E-state index >= 15 is 0 Å². The van der Waals surface area contributed by atoms with E-state index in [1.165, 1.54) is 5.56 Å². The lowest BCUT2D eigenvalue weighted by Gasteiger charge is -2.21. The van der Waals surface area contributed by atoms with Gasteiger partial charge in [0.05, 0.1) is 14.2 Å². The molecule has 0 radical (unpaired) electrons. The minimum absolute atomic E-state index is 0.380. The molecule has 2 aromatic carbocycles. The Morgan fingerprint density at radius 3 is 2.52 bits per heavy atom. The fourth-order valence-corrected chi connectivity index (χ4v) is 3.81. The molecule has 0 spiro atoms. The van der Waals surface area contributed by atoms with E-state index in [-0.39, 0.29) is 0 Å². The van der Waals surface area contributed by atoms with Gasteiger partial charge in [-0.05, 0) is 36.6 Å². The van der Waals surface area contributed by atoms with Crippen molar-refractivity contribution in [2.24, 2.45) is 4.99 Å². The van der Waals surface area contributed by atoms with E-state index in [9.17, 15) is 0 Å². The van der Waals surface area contributed by atoms with Crippen molar-refractivity contribution in [2.45, 2.75) is 38.5 Å². The van der Waals surface area contributed by atoms with E-state index in [4.69, 9.17) is 9.47 Å². The minimum Gasteiger partial charge on any atom is -0.493 e. The molecule has 1 aliphatic heterocycles. The van der Waals surface area contributed by atoms with Gasteiger partial charge in [-0.1, -0.05) is 36.4 Å². The molecule has 2 aromatic rings. The van der Waals surface area contributed by atoms with Crippen LogP contribution in [-0.2, 0) is 13.1 Å². The number of aliphatic imine (C=N–C) groups is 1. The first-order valence-electron chi connectivity index (χ1n) is 10.1. The monoisotopic (exact) mass is 396 g/mol. The Morgan fingerprint density at radius 2 is 1.83 bits per heavy atom. The Hall–Kier alpha value is -2.73. The van der Waals surface area contributed by atoms with Crippen molar-refractivity contribution < 1.29 is 9.47 Å². The number of nitrogens with one attached hydrogen (secondary N) is 2. The summed E-state index contributed by atoms with van der Waals surface area (Å²) in [5.74, 6) is 2.28. The molecule has 0 aliphatic carbocycles. The van der Waals surface area contributed by atoms with Crippen LogP contribution in [0.3, 0.4) is 0 Å². The number of ether oxygens (including phenoxy) is 2. The second kappa shape index (κ2) is 10.2. The molecule has 156 valence electrons. The number of methoxy groups -OCH3 is 2. The van der Waals surface area contributed by atoms with E-state index in [1.54, 1.807) is 14.2 Å². The summed E-state index contributed by atoms with van der Waals surface area (Å²) < 4.78 is 10.7. The summed E-state index contributed by atoms with van der Waals surface area (Å²) in [4.78, 5) is 6.92. The van der Waals surface area contributed by atoms with Gasteiger partial charge in [0.1, 0.15) is 0 Å². The number of rotatable bonds is 7. The van der Waals surface area contributed by atoms with Crippen molar-refractivity contribution in [3.8, 4) is 11.5 Å². The molecule has 1 heterocycles. The number of hydrogen-bond acceptors (Lipinski definition) is 4. The third-order valence-corrected chi connectivity index (χ3v) is 5.40. The number of guanidine groups is 1. The zero-order valence-corrected chi connectivity index (χ0v) is 17.8. The molecular weight excluding hydrogens is 364 g/mol. The maximum atomic E-state index is 5.39. The van der Waals surface area contributed by atoms with Crippen LogP contribution in [0, 0.1) is 0 Å². The number of hydrogen-bond donors (Lipinski definition) is 2. The highest BCUT2D eigenvalue weighted by Gasteiger charge is 2.29. The van der Waals surface area contributed by atoms with Crippen LogP contribution in [0.5, 0.6) is 11.5 Å². The lowest BCUT2D eigenvalue weighted by Crippen LogP contribution is -2.44. The Kier molecular flexibility index (Phi) is 7.36. The Bertz CT molecular complexity index is 810. The van der Waals surface area contributed by atoms with E-state index < -0.39 is 0 Å². The smallest absolute Gasteiger partial charge is 0.191 e. The number of likely N-dealkylation sites (tertiary alicyclic amines) is 1. The Morgan fingerprint density at radius 1 is 1.07 bits per heavy atom. The fourth-order valence-electron chi connectivity index (χ4n) is 3.81. The third-order valence-electron chi connectivity index (χ3n) is 5.40. The van der Waals surface area contributed by atoms with Gasteiger partial charge in [0.15, 0.2) is 17.5 Å². The van der Waals surface area contributed by atoms with Gasteiger partial charge in [-0.2, -0.15) is 0 Å². The Balaban J connectivity index is 1.52. The summed E-state index contributed by atoms with van der Waals surface area (Å²) in [6, 6.07) is 17.5. The van der Waals surface area contributed by atoms with Gasteiger partial charge < -0.3 is 20.1 Å². The molecule has 1 aliphatic rings. The predicted molar refractivity (Wildman–Crippen MR) is 118 cm³/mol. The van der Waals surface area contributed by atoms with Gasteiger partial charge >= 0.3 is 0 Å². The van der Waals surface area contributed by atoms with E-state index in [1.807, 2.05) is 25.2 Å². The summed E-state index contributed by atoms with van der Waals surface area (Å²) in [5, 5.41) is 6.98. The minimum atomic E-state index is 0.380. The van der Waals surface area contributed by atoms with Gasteiger partial charge in [0, 0.05) is 38.8 Å². The van der Waals surface area contributed by atoms with Crippen LogP contribution < -0.4 is 20.1 Å². The molecule has 2 unspecified atom stereocenters. The standard InChI is InChI=1S/C23H32N4O2/c1-17-12-20(16-27(17)15-18-8-6-5-7-9-18)26-23(24-2)25-14-19-10-11-21(28-3)22(13-19)29-4/h5-11,13,17,20H,12,14-16H2,1-4H3,(H2,24,25,26). The van der Waals surface area contributed by atoms with Crippen molar-refractivity contribution in [1.29, 1.82) is 0 Å². The molecule has 2 atom stereocenters. The van der Waals surface area contributed by atoms with Crippen LogP contribution in [0.15, 0.2) is 53.5 Å². The zero-order chi connectivity index (χ0) is 20.6. The van der Waals surface area contributed by atoms with Crippen LogP contribution in [0.1, 0.15) is 24.5 Å². The molecule has 1 saturated heterocycles. The topological polar surface area (TPSA) is 58.1 Å². The van der Waals surface area contributed by atoms with Crippen molar-refractivity contribution in [1.82, 2.24) is 15.5 Å². The molecule has 29 heavy (non-hydrogen) atoms. The summed E-state index contributed by atoms with van der Waals surface area (Å²) in [7, 11) is 5.10. The second-order valence-corrected chi connectivity index (χ2v) is 7.46. The highest BCUT2D eigenvalue weighted by Crippen LogP contribution is 2.27.